The number of hydrogen-bond acceptors (Lipinski definition) is 6. The van der Waals surface area contributed by atoms with Crippen molar-refractivity contribution >= 4 is 17.7 Å². The summed E-state index contributed by atoms with van der Waals surface area (Å²) in [5.74, 6) is -0.0179. The molecule has 1 saturated heterocycles. The SMILES string of the molecule is CC(C)CC(NC(=O)C1Oc2ccccc2O1)C(=O)NC1CCCN(C(=O)c2ccccc2)CC1O. The molecule has 2 aliphatic heterocycles. The number of benzene rings is 2. The maximum Gasteiger partial charge on any atom is 0.321 e. The van der Waals surface area contributed by atoms with E-state index in [0.29, 0.717) is 42.9 Å². The Kier molecular flexibility index (Phi) is 8.10. The third-order valence-corrected chi connectivity index (χ3v) is 6.32. The fraction of sp³-hybridized carbons (Fsp3) is 0.444. The summed E-state index contributed by atoms with van der Waals surface area (Å²) in [6, 6.07) is 14.5. The Labute approximate surface area is 210 Å². The molecular formula is C27H33N3O6. The van der Waals surface area contributed by atoms with Crippen LogP contribution in [0, 0.1) is 5.92 Å². The summed E-state index contributed by atoms with van der Waals surface area (Å²) in [6.45, 7) is 4.51. The zero-order valence-corrected chi connectivity index (χ0v) is 20.6. The van der Waals surface area contributed by atoms with E-state index in [4.69, 9.17) is 9.47 Å². The standard InChI is InChI=1S/C27H33N3O6/c1-17(2)15-20(29-25(33)27-35-22-12-6-7-13-23(22)36-27)24(32)28-19-11-8-14-30(16-21(19)31)26(34)18-9-4-3-5-10-18/h3-7,9-10,12-13,17,19-21,27,31H,8,11,14-16H2,1-2H3,(H,28,32)(H,29,33). The van der Waals surface area contributed by atoms with E-state index in [0.717, 1.165) is 0 Å². The average Bonchev–Trinajstić information content (AvgIpc) is 3.23. The number of para-hydroxylation sites is 2. The summed E-state index contributed by atoms with van der Waals surface area (Å²) in [5, 5.41) is 16.5. The first-order chi connectivity index (χ1) is 17.3. The predicted molar refractivity (Wildman–Crippen MR) is 132 cm³/mol. The van der Waals surface area contributed by atoms with E-state index in [1.165, 1.54) is 0 Å². The van der Waals surface area contributed by atoms with Crippen LogP contribution >= 0.6 is 0 Å². The van der Waals surface area contributed by atoms with Gasteiger partial charge in [0.15, 0.2) is 11.5 Å². The predicted octanol–water partition coefficient (Wildman–Crippen LogP) is 2.10. The minimum absolute atomic E-state index is 0.113. The minimum Gasteiger partial charge on any atom is -0.442 e. The number of β-amino-alcohol motifs (C(OH)–C–C–N with tert-alkyl or cyclic N) is 1. The van der Waals surface area contributed by atoms with Gasteiger partial charge in [-0.3, -0.25) is 14.4 Å². The monoisotopic (exact) mass is 495 g/mol. The van der Waals surface area contributed by atoms with Crippen LogP contribution in [-0.4, -0.2) is 65.3 Å². The number of nitrogens with one attached hydrogen (secondary N) is 2. The highest BCUT2D eigenvalue weighted by atomic mass is 16.7. The molecule has 0 saturated carbocycles. The molecule has 0 spiro atoms. The Morgan fingerprint density at radius 1 is 1.03 bits per heavy atom. The molecule has 2 aromatic carbocycles. The lowest BCUT2D eigenvalue weighted by atomic mass is 10.0. The number of aliphatic hydroxyl groups excluding tert-OH is 1. The van der Waals surface area contributed by atoms with Gasteiger partial charge in [-0.05, 0) is 49.4 Å². The lowest BCUT2D eigenvalue weighted by Gasteiger charge is -2.28. The molecule has 3 unspecified atom stereocenters. The normalized spacial score (nSPS) is 20.5. The van der Waals surface area contributed by atoms with Gasteiger partial charge in [0.05, 0.1) is 12.1 Å². The first-order valence-corrected chi connectivity index (χ1v) is 12.4. The van der Waals surface area contributed by atoms with Crippen LogP contribution in [0.5, 0.6) is 11.5 Å². The molecule has 9 heteroatoms. The van der Waals surface area contributed by atoms with Crippen LogP contribution in [0.25, 0.3) is 0 Å². The average molecular weight is 496 g/mol. The highest BCUT2D eigenvalue weighted by molar-refractivity contribution is 5.94. The number of rotatable bonds is 7. The second-order valence-corrected chi connectivity index (χ2v) is 9.65. The summed E-state index contributed by atoms with van der Waals surface area (Å²) in [4.78, 5) is 40.5. The van der Waals surface area contributed by atoms with Crippen molar-refractivity contribution in [1.29, 1.82) is 0 Å². The number of nitrogens with zero attached hydrogens (tertiary/aromatic N) is 1. The van der Waals surface area contributed by atoms with Crippen LogP contribution in [0.15, 0.2) is 54.6 Å². The van der Waals surface area contributed by atoms with Crippen LogP contribution in [0.3, 0.4) is 0 Å². The van der Waals surface area contributed by atoms with Crippen molar-refractivity contribution in [3.8, 4) is 11.5 Å². The minimum atomic E-state index is -1.18. The van der Waals surface area contributed by atoms with Crippen molar-refractivity contribution < 1.29 is 29.0 Å². The molecule has 36 heavy (non-hydrogen) atoms. The molecular weight excluding hydrogens is 462 g/mol. The second kappa shape index (κ2) is 11.4. The van der Waals surface area contributed by atoms with Crippen molar-refractivity contribution in [2.75, 3.05) is 13.1 Å². The number of aliphatic hydroxyl groups is 1. The molecule has 1 fully saturated rings. The van der Waals surface area contributed by atoms with Crippen LogP contribution < -0.4 is 20.1 Å². The van der Waals surface area contributed by atoms with Gasteiger partial charge >= 0.3 is 12.2 Å². The largest absolute Gasteiger partial charge is 0.442 e. The van der Waals surface area contributed by atoms with E-state index in [1.54, 1.807) is 53.4 Å². The molecule has 4 rings (SSSR count). The Morgan fingerprint density at radius 3 is 2.31 bits per heavy atom. The zero-order chi connectivity index (χ0) is 25.7. The van der Waals surface area contributed by atoms with Crippen molar-refractivity contribution in [2.45, 2.75) is 57.6 Å². The first-order valence-electron chi connectivity index (χ1n) is 12.4. The van der Waals surface area contributed by atoms with Gasteiger partial charge in [0, 0.05) is 18.7 Å². The van der Waals surface area contributed by atoms with Crippen LogP contribution in [0.4, 0.5) is 0 Å². The van der Waals surface area contributed by atoms with Gasteiger partial charge in [-0.1, -0.05) is 44.2 Å². The van der Waals surface area contributed by atoms with Gasteiger partial charge in [0.25, 0.3) is 5.91 Å². The quantitative estimate of drug-likeness (QED) is 0.542. The van der Waals surface area contributed by atoms with E-state index in [9.17, 15) is 19.5 Å². The van der Waals surface area contributed by atoms with Gasteiger partial charge in [-0.15, -0.1) is 0 Å². The van der Waals surface area contributed by atoms with Crippen LogP contribution in [0.1, 0.15) is 43.5 Å². The van der Waals surface area contributed by atoms with Gasteiger partial charge < -0.3 is 30.1 Å². The van der Waals surface area contributed by atoms with E-state index in [1.807, 2.05) is 19.9 Å². The van der Waals surface area contributed by atoms with Gasteiger partial charge in [-0.25, -0.2) is 0 Å². The molecule has 0 bridgehead atoms. The molecule has 0 aromatic heterocycles. The van der Waals surface area contributed by atoms with Gasteiger partial charge in [-0.2, -0.15) is 0 Å². The number of likely N-dealkylation sites (tertiary alicyclic amines) is 1. The van der Waals surface area contributed by atoms with Gasteiger partial charge in [0.2, 0.25) is 5.91 Å². The zero-order valence-electron chi connectivity index (χ0n) is 20.6. The number of ether oxygens (including phenoxy) is 2. The molecule has 0 aliphatic carbocycles. The molecule has 9 nitrogen and oxygen atoms in total. The van der Waals surface area contributed by atoms with E-state index < -0.39 is 30.4 Å². The van der Waals surface area contributed by atoms with Gasteiger partial charge in [0.1, 0.15) is 6.04 Å². The topological polar surface area (TPSA) is 117 Å². The van der Waals surface area contributed by atoms with E-state index in [-0.39, 0.29) is 24.3 Å². The molecule has 192 valence electrons. The molecule has 3 amide bonds. The third-order valence-electron chi connectivity index (χ3n) is 6.32. The maximum absolute atomic E-state index is 13.2. The van der Waals surface area contributed by atoms with Crippen LogP contribution in [0.2, 0.25) is 0 Å². The summed E-state index contributed by atoms with van der Waals surface area (Å²) in [7, 11) is 0. The first kappa shape index (κ1) is 25.5. The molecule has 2 aliphatic rings. The molecule has 3 N–H and O–H groups in total. The van der Waals surface area contributed by atoms with Crippen LogP contribution in [-0.2, 0) is 9.59 Å². The van der Waals surface area contributed by atoms with Crippen molar-refractivity contribution in [3.05, 3.63) is 60.2 Å². The number of carbonyl (C=O) groups is 3. The fourth-order valence-corrected chi connectivity index (χ4v) is 4.49. The fourth-order valence-electron chi connectivity index (χ4n) is 4.49. The molecule has 0 radical (unpaired) electrons. The van der Waals surface area contributed by atoms with E-state index >= 15 is 0 Å². The number of fused-ring (bicyclic) bond motifs is 1. The lowest BCUT2D eigenvalue weighted by molar-refractivity contribution is -0.140. The van der Waals surface area contributed by atoms with Crippen molar-refractivity contribution in [2.24, 2.45) is 5.92 Å². The van der Waals surface area contributed by atoms with E-state index in [2.05, 4.69) is 10.6 Å². The highest BCUT2D eigenvalue weighted by Gasteiger charge is 2.35. The summed E-state index contributed by atoms with van der Waals surface area (Å²) >= 11 is 0. The maximum atomic E-state index is 13.2. The third kappa shape index (κ3) is 6.15. The Hall–Kier alpha value is -3.59. The summed E-state index contributed by atoms with van der Waals surface area (Å²) in [6.07, 6.45) is -0.568. The highest BCUT2D eigenvalue weighted by Crippen LogP contribution is 2.33. The Balaban J connectivity index is 1.36. The van der Waals surface area contributed by atoms with Crippen molar-refractivity contribution in [1.82, 2.24) is 15.5 Å². The number of hydrogen-bond donors (Lipinski definition) is 3. The number of amides is 3. The number of carbonyl (C=O) groups excluding carboxylic acids is 3. The Bertz CT molecular complexity index is 1050. The smallest absolute Gasteiger partial charge is 0.321 e. The summed E-state index contributed by atoms with van der Waals surface area (Å²) < 4.78 is 11.1. The summed E-state index contributed by atoms with van der Waals surface area (Å²) in [5.41, 5.74) is 0.561. The molecule has 2 heterocycles. The van der Waals surface area contributed by atoms with Crippen molar-refractivity contribution in [3.63, 3.8) is 0 Å². The second-order valence-electron chi connectivity index (χ2n) is 9.65. The Morgan fingerprint density at radius 2 is 1.67 bits per heavy atom. The molecule has 3 atom stereocenters. The molecule has 2 aromatic rings. The lowest BCUT2D eigenvalue weighted by Crippen LogP contribution is -2.55.